The van der Waals surface area contributed by atoms with Crippen LogP contribution in [-0.2, 0) is 5.75 Å². The predicted octanol–water partition coefficient (Wildman–Crippen LogP) is 5.35. The molecule has 0 bridgehead atoms. The minimum atomic E-state index is 0.256. The van der Waals surface area contributed by atoms with Crippen LogP contribution in [0.2, 0.25) is 0 Å². The quantitative estimate of drug-likeness (QED) is 0.503. The first-order valence-electron chi connectivity index (χ1n) is 7.09. The lowest BCUT2D eigenvalue weighted by Crippen LogP contribution is -1.98. The van der Waals surface area contributed by atoms with Gasteiger partial charge in [-0.05, 0) is 24.1 Å². The Morgan fingerprint density at radius 3 is 2.35 bits per heavy atom. The minimum Gasteiger partial charge on any atom is -0.294 e. The number of benzene rings is 2. The highest BCUT2D eigenvalue weighted by Crippen LogP contribution is 2.23. The van der Waals surface area contributed by atoms with E-state index in [1.807, 2.05) is 30.3 Å². The number of Topliss-reactive ketones (excluding diaryl/α,β-unsaturated/α-hetero) is 1. The summed E-state index contributed by atoms with van der Waals surface area (Å²) < 4.78 is 0. The molecule has 0 aliphatic carbocycles. The summed E-state index contributed by atoms with van der Waals surface area (Å²) in [5.74, 6) is 1.22. The second kappa shape index (κ2) is 7.91. The van der Waals surface area contributed by atoms with E-state index in [0.29, 0.717) is 6.42 Å². The maximum atomic E-state index is 11.9. The Morgan fingerprint density at radius 2 is 1.70 bits per heavy atom. The summed E-state index contributed by atoms with van der Waals surface area (Å²) in [5.41, 5.74) is 2.16. The Bertz CT molecular complexity index is 531. The number of carbonyl (C=O) groups is 1. The SMILES string of the molecule is CCCCC(=O)c1ccc(SCc2ccccc2)cc1. The Balaban J connectivity index is 1.90. The molecule has 0 saturated carbocycles. The van der Waals surface area contributed by atoms with Crippen LogP contribution in [-0.4, -0.2) is 5.78 Å². The molecule has 0 fully saturated rings. The molecule has 0 heterocycles. The Labute approximate surface area is 125 Å². The van der Waals surface area contributed by atoms with E-state index in [-0.39, 0.29) is 5.78 Å². The number of ketones is 1. The van der Waals surface area contributed by atoms with Gasteiger partial charge in [-0.1, -0.05) is 55.8 Å². The van der Waals surface area contributed by atoms with Crippen LogP contribution in [0.1, 0.15) is 42.1 Å². The lowest BCUT2D eigenvalue weighted by Gasteiger charge is -2.04. The molecule has 0 atom stereocenters. The molecule has 2 aromatic rings. The minimum absolute atomic E-state index is 0.256. The van der Waals surface area contributed by atoms with Crippen molar-refractivity contribution in [3.8, 4) is 0 Å². The van der Waals surface area contributed by atoms with Gasteiger partial charge in [-0.2, -0.15) is 0 Å². The van der Waals surface area contributed by atoms with Crippen LogP contribution in [0, 0.1) is 0 Å². The first-order valence-corrected chi connectivity index (χ1v) is 8.08. The fraction of sp³-hybridized carbons (Fsp3) is 0.278. The molecular weight excluding hydrogens is 264 g/mol. The highest BCUT2D eigenvalue weighted by Gasteiger charge is 2.05. The summed E-state index contributed by atoms with van der Waals surface area (Å²) in [6, 6.07) is 18.4. The van der Waals surface area contributed by atoms with Gasteiger partial charge in [0.25, 0.3) is 0 Å². The van der Waals surface area contributed by atoms with Crippen molar-refractivity contribution in [2.75, 3.05) is 0 Å². The molecule has 0 aliphatic rings. The molecular formula is C18H20OS. The molecule has 0 saturated heterocycles. The molecule has 0 spiro atoms. The van der Waals surface area contributed by atoms with Crippen molar-refractivity contribution >= 4 is 17.5 Å². The fourth-order valence-electron chi connectivity index (χ4n) is 1.96. The van der Waals surface area contributed by atoms with Gasteiger partial charge in [0.15, 0.2) is 5.78 Å². The second-order valence-corrected chi connectivity index (χ2v) is 5.87. The number of hydrogen-bond donors (Lipinski definition) is 0. The molecule has 20 heavy (non-hydrogen) atoms. The first-order chi connectivity index (χ1) is 9.79. The van der Waals surface area contributed by atoms with Gasteiger partial charge in [-0.3, -0.25) is 4.79 Å². The average Bonchev–Trinajstić information content (AvgIpc) is 2.52. The Hall–Kier alpha value is -1.54. The lowest BCUT2D eigenvalue weighted by atomic mass is 10.1. The molecule has 0 radical (unpaired) electrons. The van der Waals surface area contributed by atoms with E-state index in [9.17, 15) is 4.79 Å². The zero-order chi connectivity index (χ0) is 14.2. The molecule has 0 amide bonds. The van der Waals surface area contributed by atoms with E-state index in [1.54, 1.807) is 11.8 Å². The summed E-state index contributed by atoms with van der Waals surface area (Å²) in [5, 5.41) is 0. The maximum absolute atomic E-state index is 11.9. The van der Waals surface area contributed by atoms with Crippen molar-refractivity contribution in [2.45, 2.75) is 36.8 Å². The molecule has 2 heteroatoms. The van der Waals surface area contributed by atoms with Crippen molar-refractivity contribution in [3.05, 3.63) is 65.7 Å². The third-order valence-corrected chi connectivity index (χ3v) is 4.27. The molecule has 0 unspecified atom stereocenters. The Kier molecular flexibility index (Phi) is 5.87. The highest BCUT2D eigenvalue weighted by molar-refractivity contribution is 7.98. The smallest absolute Gasteiger partial charge is 0.162 e. The molecule has 0 aromatic heterocycles. The van der Waals surface area contributed by atoms with Gasteiger partial charge in [-0.15, -0.1) is 11.8 Å². The van der Waals surface area contributed by atoms with E-state index in [0.717, 1.165) is 24.2 Å². The fourth-order valence-corrected chi connectivity index (χ4v) is 2.81. The molecule has 2 aromatic carbocycles. The lowest BCUT2D eigenvalue weighted by molar-refractivity contribution is 0.0979. The number of carbonyl (C=O) groups excluding carboxylic acids is 1. The molecule has 104 valence electrons. The van der Waals surface area contributed by atoms with Crippen LogP contribution >= 0.6 is 11.8 Å². The maximum Gasteiger partial charge on any atom is 0.162 e. The zero-order valence-corrected chi connectivity index (χ0v) is 12.7. The first kappa shape index (κ1) is 14.9. The average molecular weight is 284 g/mol. The van der Waals surface area contributed by atoms with Crippen LogP contribution < -0.4 is 0 Å². The van der Waals surface area contributed by atoms with Crippen LogP contribution in [0.4, 0.5) is 0 Å². The molecule has 2 rings (SSSR count). The van der Waals surface area contributed by atoms with Gasteiger partial charge in [0.2, 0.25) is 0 Å². The van der Waals surface area contributed by atoms with Crippen LogP contribution in [0.5, 0.6) is 0 Å². The zero-order valence-electron chi connectivity index (χ0n) is 11.8. The van der Waals surface area contributed by atoms with Gasteiger partial charge in [0.05, 0.1) is 0 Å². The summed E-state index contributed by atoms with van der Waals surface area (Å²) in [6.07, 6.45) is 2.70. The van der Waals surface area contributed by atoms with Crippen molar-refractivity contribution in [2.24, 2.45) is 0 Å². The standard InChI is InChI=1S/C18H20OS/c1-2-3-9-18(19)16-10-12-17(13-11-16)20-14-15-7-5-4-6-8-15/h4-8,10-13H,2-3,9,14H2,1H3. The van der Waals surface area contributed by atoms with Crippen molar-refractivity contribution in [1.82, 2.24) is 0 Å². The largest absolute Gasteiger partial charge is 0.294 e. The normalized spacial score (nSPS) is 10.4. The highest BCUT2D eigenvalue weighted by atomic mass is 32.2. The van der Waals surface area contributed by atoms with E-state index >= 15 is 0 Å². The van der Waals surface area contributed by atoms with Crippen molar-refractivity contribution in [1.29, 1.82) is 0 Å². The third-order valence-electron chi connectivity index (χ3n) is 3.18. The summed E-state index contributed by atoms with van der Waals surface area (Å²) in [6.45, 7) is 2.11. The number of thioether (sulfide) groups is 1. The summed E-state index contributed by atoms with van der Waals surface area (Å²) in [7, 11) is 0. The molecule has 1 nitrogen and oxygen atoms in total. The summed E-state index contributed by atoms with van der Waals surface area (Å²) >= 11 is 1.80. The number of unbranched alkanes of at least 4 members (excludes halogenated alkanes) is 1. The van der Waals surface area contributed by atoms with Gasteiger partial charge in [0, 0.05) is 22.6 Å². The monoisotopic (exact) mass is 284 g/mol. The van der Waals surface area contributed by atoms with Gasteiger partial charge in [-0.25, -0.2) is 0 Å². The van der Waals surface area contributed by atoms with Gasteiger partial charge in [0.1, 0.15) is 0 Å². The van der Waals surface area contributed by atoms with Crippen LogP contribution in [0.3, 0.4) is 0 Å². The van der Waals surface area contributed by atoms with Gasteiger partial charge < -0.3 is 0 Å². The third kappa shape index (κ3) is 4.53. The topological polar surface area (TPSA) is 17.1 Å². The second-order valence-electron chi connectivity index (χ2n) is 4.83. The van der Waals surface area contributed by atoms with Gasteiger partial charge >= 0.3 is 0 Å². The van der Waals surface area contributed by atoms with E-state index < -0.39 is 0 Å². The van der Waals surface area contributed by atoms with E-state index in [2.05, 4.69) is 31.2 Å². The molecule has 0 aliphatic heterocycles. The van der Waals surface area contributed by atoms with Crippen LogP contribution in [0.15, 0.2) is 59.5 Å². The molecule has 0 N–H and O–H groups in total. The Morgan fingerprint density at radius 1 is 1.00 bits per heavy atom. The van der Waals surface area contributed by atoms with Crippen molar-refractivity contribution < 1.29 is 4.79 Å². The van der Waals surface area contributed by atoms with E-state index in [4.69, 9.17) is 0 Å². The van der Waals surface area contributed by atoms with Crippen LogP contribution in [0.25, 0.3) is 0 Å². The number of hydrogen-bond acceptors (Lipinski definition) is 2. The summed E-state index contributed by atoms with van der Waals surface area (Å²) in [4.78, 5) is 13.1. The predicted molar refractivity (Wildman–Crippen MR) is 86.3 cm³/mol. The number of rotatable bonds is 7. The van der Waals surface area contributed by atoms with E-state index in [1.165, 1.54) is 10.5 Å². The van der Waals surface area contributed by atoms with Crippen molar-refractivity contribution in [3.63, 3.8) is 0 Å².